The van der Waals surface area contributed by atoms with Crippen LogP contribution in [0.4, 0.5) is 0 Å². The van der Waals surface area contributed by atoms with E-state index in [0.29, 0.717) is 52.1 Å². The van der Waals surface area contributed by atoms with Crippen LogP contribution in [0, 0.1) is 0 Å². The molecule has 3 saturated carbocycles. The molecule has 0 aromatic heterocycles. The minimum absolute atomic E-state index is 0.0847. The molecule has 0 amide bonds. The third-order valence-corrected chi connectivity index (χ3v) is 25.0. The Balaban J connectivity index is 1.67. The second-order valence-electron chi connectivity index (χ2n) is 12.1. The Morgan fingerprint density at radius 3 is 1.77 bits per heavy atom. The van der Waals surface area contributed by atoms with Crippen molar-refractivity contribution in [3.63, 3.8) is 0 Å². The molecule has 2 radical (unpaired) electrons. The molecule has 39 heavy (non-hydrogen) atoms. The van der Waals surface area contributed by atoms with Crippen molar-refractivity contribution in [2.75, 3.05) is 19.8 Å². The van der Waals surface area contributed by atoms with Crippen molar-refractivity contribution in [2.24, 2.45) is 0 Å². The molecule has 3 aliphatic rings. The van der Waals surface area contributed by atoms with Crippen molar-refractivity contribution in [3.8, 4) is 11.5 Å². The van der Waals surface area contributed by atoms with Crippen molar-refractivity contribution >= 4 is 35.6 Å². The van der Waals surface area contributed by atoms with Gasteiger partial charge in [-0.1, -0.05) is 0 Å². The predicted molar refractivity (Wildman–Crippen MR) is 172 cm³/mol. The van der Waals surface area contributed by atoms with E-state index in [1.807, 2.05) is 19.9 Å². The first-order chi connectivity index (χ1) is 19.0. The summed E-state index contributed by atoms with van der Waals surface area (Å²) in [6.07, 6.45) is 21.2. The molecule has 0 aliphatic heterocycles. The van der Waals surface area contributed by atoms with E-state index >= 15 is 0 Å². The van der Waals surface area contributed by atoms with Crippen LogP contribution in [0.1, 0.15) is 117 Å². The third-order valence-electron chi connectivity index (χ3n) is 9.93. The summed E-state index contributed by atoms with van der Waals surface area (Å²) < 4.78 is 18.3. The summed E-state index contributed by atoms with van der Waals surface area (Å²) in [6.45, 7) is 6.14. The van der Waals surface area contributed by atoms with Gasteiger partial charge < -0.3 is 0 Å². The molecule has 0 unspecified atom stereocenters. The molecule has 3 aliphatic carbocycles. The molecule has 0 saturated heterocycles. The molecule has 4 nitrogen and oxygen atoms in total. The molecular weight excluding hydrogens is 587 g/mol. The Bertz CT molecular complexity index is 813. The van der Waals surface area contributed by atoms with Crippen LogP contribution in [-0.2, 0) is 9.47 Å². The maximum absolute atomic E-state index is 11.0. The van der Waals surface area contributed by atoms with Crippen LogP contribution in [0.2, 0.25) is 6.04 Å². The van der Waals surface area contributed by atoms with Gasteiger partial charge in [-0.25, -0.2) is 0 Å². The first-order valence-electron chi connectivity index (χ1n) is 16.2. The number of ether oxygens (including phenoxy) is 3. The van der Waals surface area contributed by atoms with Gasteiger partial charge in [-0.3, -0.25) is 0 Å². The molecule has 0 spiro atoms. The van der Waals surface area contributed by atoms with Gasteiger partial charge in [0.05, 0.1) is 0 Å². The van der Waals surface area contributed by atoms with E-state index in [0.717, 1.165) is 18.2 Å². The van der Waals surface area contributed by atoms with E-state index in [1.165, 1.54) is 102 Å². The van der Waals surface area contributed by atoms with E-state index < -0.39 is 5.31 Å². The summed E-state index contributed by atoms with van der Waals surface area (Å²) in [5, 5.41) is 9.71. The molecular formula is C32H54BrO4PSi. The molecule has 0 bridgehead atoms. The fourth-order valence-corrected chi connectivity index (χ4v) is 22.1. The van der Waals surface area contributed by atoms with Gasteiger partial charge in [0.1, 0.15) is 0 Å². The molecule has 0 atom stereocenters. The van der Waals surface area contributed by atoms with Gasteiger partial charge in [-0.05, 0) is 0 Å². The molecule has 4 rings (SSSR count). The normalized spacial score (nSPS) is 21.6. The van der Waals surface area contributed by atoms with Gasteiger partial charge in [0.25, 0.3) is 0 Å². The second-order valence-corrected chi connectivity index (χ2v) is 23.4. The average Bonchev–Trinajstić information content (AvgIpc) is 2.99. The second kappa shape index (κ2) is 15.4. The van der Waals surface area contributed by atoms with Crippen LogP contribution in [0.15, 0.2) is 18.2 Å². The van der Waals surface area contributed by atoms with Crippen LogP contribution in [-0.4, -0.2) is 57.3 Å². The first-order valence-corrected chi connectivity index (χ1v) is 21.9. The topological polar surface area (TPSA) is 47.9 Å². The third kappa shape index (κ3) is 7.09. The summed E-state index contributed by atoms with van der Waals surface area (Å²) >= 11 is 4.95. The van der Waals surface area contributed by atoms with Gasteiger partial charge in [-0.15, -0.1) is 0 Å². The van der Waals surface area contributed by atoms with Crippen LogP contribution in [0.5, 0.6) is 11.5 Å². The first kappa shape index (κ1) is 31.8. The predicted octanol–water partition coefficient (Wildman–Crippen LogP) is 9.13. The summed E-state index contributed by atoms with van der Waals surface area (Å²) in [5.74, 6) is 1.38. The van der Waals surface area contributed by atoms with Crippen molar-refractivity contribution in [3.05, 3.63) is 18.2 Å². The SMILES string of the molecule is CCOC(OCC)[Si]CCCOc1ccc(O)cc1P(Br)(C1CCCCC1)(C1CCCCC1)C1CCCCC1. The summed E-state index contributed by atoms with van der Waals surface area (Å²) in [7, 11) is 0.627. The van der Waals surface area contributed by atoms with Crippen molar-refractivity contribution in [2.45, 2.75) is 146 Å². The Hall–Kier alpha value is -0.133. The Morgan fingerprint density at radius 2 is 1.31 bits per heavy atom. The van der Waals surface area contributed by atoms with Gasteiger partial charge in [0.2, 0.25) is 0 Å². The zero-order valence-electron chi connectivity index (χ0n) is 24.7. The zero-order valence-corrected chi connectivity index (χ0v) is 28.2. The van der Waals surface area contributed by atoms with Crippen molar-refractivity contribution in [1.82, 2.24) is 0 Å². The Kier molecular flexibility index (Phi) is 12.5. The summed E-state index contributed by atoms with van der Waals surface area (Å²) in [5.41, 5.74) is 2.12. The van der Waals surface area contributed by atoms with Crippen LogP contribution in [0.3, 0.4) is 0 Å². The number of rotatable bonds is 14. The quantitative estimate of drug-likeness (QED) is 0.0953. The minimum atomic E-state index is -2.69. The molecule has 3 fully saturated rings. The van der Waals surface area contributed by atoms with Gasteiger partial charge in [0.15, 0.2) is 0 Å². The molecule has 1 aromatic rings. The molecule has 7 heteroatoms. The number of hydrogen-bond acceptors (Lipinski definition) is 4. The van der Waals surface area contributed by atoms with Crippen LogP contribution < -0.4 is 10.0 Å². The van der Waals surface area contributed by atoms with Crippen molar-refractivity contribution < 1.29 is 19.3 Å². The Morgan fingerprint density at radius 1 is 0.821 bits per heavy atom. The fraction of sp³-hybridized carbons (Fsp3) is 0.812. The summed E-state index contributed by atoms with van der Waals surface area (Å²) in [6, 6.07) is 7.18. The summed E-state index contributed by atoms with van der Waals surface area (Å²) in [4.78, 5) is 0. The van der Waals surface area contributed by atoms with Gasteiger partial charge in [0, 0.05) is 0 Å². The van der Waals surface area contributed by atoms with Gasteiger partial charge in [-0.2, -0.15) is 0 Å². The number of phenolic OH excluding ortho intramolecular Hbond substituents is 1. The Labute approximate surface area is 249 Å². The standard InChI is InChI=1S/C32H54BrO4PSi/c1-3-35-32(36-4-2)39-24-14-23-37-30-22-21-26(34)25-31(30)38(33,27-15-8-5-9-16-27,28-17-10-6-11-18-28)29-19-12-7-13-20-29/h21-22,25,27-29,32,34H,3-20,23-24H2,1-2H3. The van der Waals surface area contributed by atoms with Crippen molar-refractivity contribution in [1.29, 1.82) is 0 Å². The van der Waals surface area contributed by atoms with Gasteiger partial charge >= 0.3 is 250 Å². The van der Waals surface area contributed by atoms with Crippen LogP contribution in [0.25, 0.3) is 0 Å². The van der Waals surface area contributed by atoms with E-state index in [9.17, 15) is 5.11 Å². The van der Waals surface area contributed by atoms with E-state index in [4.69, 9.17) is 29.7 Å². The molecule has 1 N–H and O–H groups in total. The average molecular weight is 642 g/mol. The molecule has 0 heterocycles. The number of phenols is 1. The fourth-order valence-electron chi connectivity index (χ4n) is 8.24. The molecule has 1 aromatic carbocycles. The van der Waals surface area contributed by atoms with E-state index in [1.54, 1.807) is 0 Å². The molecule has 222 valence electrons. The number of hydrogen-bond donors (Lipinski definition) is 1. The monoisotopic (exact) mass is 640 g/mol. The van der Waals surface area contributed by atoms with E-state index in [2.05, 4.69) is 12.1 Å². The zero-order chi connectivity index (χ0) is 27.6. The number of benzene rings is 1. The van der Waals surface area contributed by atoms with Crippen LogP contribution >= 0.6 is 20.8 Å². The number of halogens is 1. The van der Waals surface area contributed by atoms with E-state index in [-0.39, 0.29) is 5.91 Å². The maximum atomic E-state index is 11.0. The number of aromatic hydroxyl groups is 1.